The van der Waals surface area contributed by atoms with Crippen LogP contribution in [0.25, 0.3) is 0 Å². The van der Waals surface area contributed by atoms with E-state index in [2.05, 4.69) is 10.1 Å². The minimum absolute atomic E-state index is 0.0873. The van der Waals surface area contributed by atoms with E-state index in [9.17, 15) is 17.6 Å². The Balaban J connectivity index is 3.35. The van der Waals surface area contributed by atoms with Gasteiger partial charge in [-0.05, 0) is 26.4 Å². The van der Waals surface area contributed by atoms with Crippen LogP contribution in [0.5, 0.6) is 0 Å². The highest BCUT2D eigenvalue weighted by atomic mass is 19.3. The fourth-order valence-corrected chi connectivity index (χ4v) is 0.777. The fourth-order valence-electron chi connectivity index (χ4n) is 0.777. The van der Waals surface area contributed by atoms with Gasteiger partial charge in [-0.25, -0.2) is 8.78 Å². The summed E-state index contributed by atoms with van der Waals surface area (Å²) >= 11 is 0. The maximum atomic E-state index is 12.2. The molecule has 0 aliphatic heterocycles. The topological polar surface area (TPSA) is 21.3 Å². The van der Waals surface area contributed by atoms with Crippen molar-refractivity contribution < 1.29 is 22.3 Å². The van der Waals surface area contributed by atoms with E-state index >= 15 is 0 Å². The molecule has 6 heteroatoms. The van der Waals surface area contributed by atoms with Crippen molar-refractivity contribution in [2.24, 2.45) is 0 Å². The number of halogens is 4. The Kier molecular flexibility index (Phi) is 6.82. The van der Waals surface area contributed by atoms with Crippen LogP contribution >= 0.6 is 0 Å². The molecule has 0 atom stereocenters. The highest BCUT2D eigenvalue weighted by Crippen LogP contribution is 2.22. The standard InChI is InChI=1S/C8H15F4NO/c1-13-4-2-3-5-14-6-8(11,12)7(9)10/h7,13H,2-6H2,1H3. The van der Waals surface area contributed by atoms with Crippen LogP contribution in [0.4, 0.5) is 17.6 Å². The van der Waals surface area contributed by atoms with Gasteiger partial charge in [-0.3, -0.25) is 0 Å². The number of nitrogens with one attached hydrogen (secondary N) is 1. The number of alkyl halides is 4. The summed E-state index contributed by atoms with van der Waals surface area (Å²) in [4.78, 5) is 0. The lowest BCUT2D eigenvalue weighted by molar-refractivity contribution is -0.165. The Bertz CT molecular complexity index is 143. The highest BCUT2D eigenvalue weighted by Gasteiger charge is 2.40. The van der Waals surface area contributed by atoms with Gasteiger partial charge in [-0.15, -0.1) is 0 Å². The molecule has 0 aromatic rings. The lowest BCUT2D eigenvalue weighted by Gasteiger charge is -2.14. The largest absolute Gasteiger partial charge is 0.375 e. The third-order valence-electron chi connectivity index (χ3n) is 1.58. The number of rotatable bonds is 8. The van der Waals surface area contributed by atoms with Gasteiger partial charge in [0.1, 0.15) is 6.61 Å². The van der Waals surface area contributed by atoms with Crippen molar-refractivity contribution in [3.63, 3.8) is 0 Å². The number of hydrogen-bond donors (Lipinski definition) is 1. The van der Waals surface area contributed by atoms with E-state index in [4.69, 9.17) is 0 Å². The van der Waals surface area contributed by atoms with Crippen molar-refractivity contribution in [2.75, 3.05) is 26.8 Å². The summed E-state index contributed by atoms with van der Waals surface area (Å²) in [5.41, 5.74) is 0. The monoisotopic (exact) mass is 217 g/mol. The van der Waals surface area contributed by atoms with Crippen LogP contribution < -0.4 is 5.32 Å². The minimum Gasteiger partial charge on any atom is -0.375 e. The van der Waals surface area contributed by atoms with E-state index in [0.29, 0.717) is 6.42 Å². The Morgan fingerprint density at radius 2 is 1.93 bits per heavy atom. The lowest BCUT2D eigenvalue weighted by atomic mass is 10.3. The molecule has 0 heterocycles. The molecule has 0 aromatic heterocycles. The van der Waals surface area contributed by atoms with Crippen LogP contribution in [0, 0.1) is 0 Å². The van der Waals surface area contributed by atoms with Crippen molar-refractivity contribution >= 4 is 0 Å². The first-order valence-corrected chi connectivity index (χ1v) is 4.39. The van der Waals surface area contributed by atoms with Gasteiger partial charge in [0.05, 0.1) is 0 Å². The molecule has 0 aliphatic carbocycles. The van der Waals surface area contributed by atoms with E-state index in [1.165, 1.54) is 0 Å². The summed E-state index contributed by atoms with van der Waals surface area (Å²) in [5, 5.41) is 2.87. The van der Waals surface area contributed by atoms with Gasteiger partial charge in [0.2, 0.25) is 0 Å². The summed E-state index contributed by atoms with van der Waals surface area (Å²) in [7, 11) is 1.77. The summed E-state index contributed by atoms with van der Waals surface area (Å²) in [6.45, 7) is -0.358. The molecular weight excluding hydrogens is 202 g/mol. The zero-order valence-electron chi connectivity index (χ0n) is 8.03. The van der Waals surface area contributed by atoms with Gasteiger partial charge >= 0.3 is 12.3 Å². The molecule has 0 unspecified atom stereocenters. The van der Waals surface area contributed by atoms with E-state index < -0.39 is 19.0 Å². The van der Waals surface area contributed by atoms with Gasteiger partial charge < -0.3 is 10.1 Å². The van der Waals surface area contributed by atoms with Gasteiger partial charge in [0.25, 0.3) is 0 Å². The van der Waals surface area contributed by atoms with E-state index in [0.717, 1.165) is 13.0 Å². The molecule has 0 radical (unpaired) electrons. The third kappa shape index (κ3) is 6.15. The Hall–Kier alpha value is -0.360. The summed E-state index contributed by atoms with van der Waals surface area (Å²) in [6, 6.07) is 0. The Morgan fingerprint density at radius 1 is 1.29 bits per heavy atom. The number of ether oxygens (including phenoxy) is 1. The van der Waals surface area contributed by atoms with Crippen molar-refractivity contribution in [1.82, 2.24) is 5.32 Å². The molecule has 0 saturated heterocycles. The molecule has 0 rings (SSSR count). The SMILES string of the molecule is CNCCCCOCC(F)(F)C(F)F. The maximum Gasteiger partial charge on any atom is 0.330 e. The van der Waals surface area contributed by atoms with Gasteiger partial charge in [0.15, 0.2) is 0 Å². The average Bonchev–Trinajstić information content (AvgIpc) is 2.10. The van der Waals surface area contributed by atoms with Crippen LogP contribution in [-0.2, 0) is 4.74 Å². The molecule has 1 N–H and O–H groups in total. The zero-order chi connectivity index (χ0) is 11.0. The molecule has 0 aliphatic rings. The minimum atomic E-state index is -4.02. The van der Waals surface area contributed by atoms with Crippen LogP contribution in [-0.4, -0.2) is 39.2 Å². The quantitative estimate of drug-likeness (QED) is 0.495. The maximum absolute atomic E-state index is 12.2. The first kappa shape index (κ1) is 13.6. The van der Waals surface area contributed by atoms with Crippen molar-refractivity contribution in [3.05, 3.63) is 0 Å². The summed E-state index contributed by atoms with van der Waals surface area (Å²) in [5.74, 6) is -4.02. The molecule has 0 aromatic carbocycles. The molecule has 2 nitrogen and oxygen atoms in total. The average molecular weight is 217 g/mol. The fraction of sp³-hybridized carbons (Fsp3) is 1.00. The number of unbranched alkanes of at least 4 members (excludes halogenated alkanes) is 1. The first-order valence-electron chi connectivity index (χ1n) is 4.39. The molecule has 0 amide bonds. The highest BCUT2D eigenvalue weighted by molar-refractivity contribution is 4.67. The zero-order valence-corrected chi connectivity index (χ0v) is 8.03. The van der Waals surface area contributed by atoms with E-state index in [-0.39, 0.29) is 6.61 Å². The predicted molar refractivity (Wildman–Crippen MR) is 44.9 cm³/mol. The lowest BCUT2D eigenvalue weighted by Crippen LogP contribution is -2.32. The summed E-state index contributed by atoms with van der Waals surface area (Å²) < 4.78 is 52.1. The molecule has 0 saturated carbocycles. The van der Waals surface area contributed by atoms with Crippen molar-refractivity contribution in [3.8, 4) is 0 Å². The second-order valence-electron chi connectivity index (χ2n) is 2.92. The molecule has 0 spiro atoms. The van der Waals surface area contributed by atoms with Crippen molar-refractivity contribution in [2.45, 2.75) is 25.2 Å². The van der Waals surface area contributed by atoms with Crippen LogP contribution in [0.1, 0.15) is 12.8 Å². The van der Waals surface area contributed by atoms with E-state index in [1.807, 2.05) is 0 Å². The smallest absolute Gasteiger partial charge is 0.330 e. The molecule has 0 bridgehead atoms. The molecule has 86 valence electrons. The molecule has 14 heavy (non-hydrogen) atoms. The second kappa shape index (κ2) is 7.00. The predicted octanol–water partition coefficient (Wildman–Crippen LogP) is 1.90. The molecular formula is C8H15F4NO. The van der Waals surface area contributed by atoms with Gasteiger partial charge in [-0.2, -0.15) is 8.78 Å². The Labute approximate surface area is 80.6 Å². The van der Waals surface area contributed by atoms with Crippen LogP contribution in [0.3, 0.4) is 0 Å². The van der Waals surface area contributed by atoms with Gasteiger partial charge in [-0.1, -0.05) is 0 Å². The van der Waals surface area contributed by atoms with Crippen LogP contribution in [0.2, 0.25) is 0 Å². The normalized spacial score (nSPS) is 12.4. The van der Waals surface area contributed by atoms with Crippen LogP contribution in [0.15, 0.2) is 0 Å². The third-order valence-corrected chi connectivity index (χ3v) is 1.58. The van der Waals surface area contributed by atoms with Gasteiger partial charge in [0, 0.05) is 6.61 Å². The second-order valence-corrected chi connectivity index (χ2v) is 2.92. The molecule has 0 fully saturated rings. The van der Waals surface area contributed by atoms with Crippen molar-refractivity contribution in [1.29, 1.82) is 0 Å². The summed E-state index contributed by atoms with van der Waals surface area (Å²) in [6.07, 6.45) is -2.29. The Morgan fingerprint density at radius 3 is 2.43 bits per heavy atom. The number of hydrogen-bond acceptors (Lipinski definition) is 2. The van der Waals surface area contributed by atoms with E-state index in [1.54, 1.807) is 7.05 Å². The first-order chi connectivity index (χ1) is 6.50.